The van der Waals surface area contributed by atoms with E-state index in [1.54, 1.807) is 24.9 Å². The largest absolute Gasteiger partial charge is 0.488 e. The number of hydrogen-bond acceptors (Lipinski definition) is 8. The van der Waals surface area contributed by atoms with Gasteiger partial charge in [-0.25, -0.2) is 23.9 Å². The summed E-state index contributed by atoms with van der Waals surface area (Å²) in [5, 5.41) is 13.2. The Bertz CT molecular complexity index is 1230. The number of hydrogen-bond donors (Lipinski definition) is 2. The first kappa shape index (κ1) is 23.7. The van der Waals surface area contributed by atoms with Crippen LogP contribution < -0.4 is 10.1 Å². The molecule has 1 fully saturated rings. The summed E-state index contributed by atoms with van der Waals surface area (Å²) >= 11 is 1.07. The maximum absolute atomic E-state index is 14.1. The molecule has 180 valence electrons. The first-order valence-corrected chi connectivity index (χ1v) is 11.6. The predicted molar refractivity (Wildman–Crippen MR) is 126 cm³/mol. The Kier molecular flexibility index (Phi) is 6.82. The zero-order valence-corrected chi connectivity index (χ0v) is 19.8. The molecule has 0 bridgehead atoms. The second kappa shape index (κ2) is 9.80. The number of fused-ring (bicyclic) bond motifs is 1. The van der Waals surface area contributed by atoms with E-state index in [4.69, 9.17) is 9.47 Å². The number of aromatic nitrogens is 2. The monoisotopic (exact) mass is 488 g/mol. The lowest BCUT2D eigenvalue weighted by Crippen LogP contribution is -2.42. The van der Waals surface area contributed by atoms with Gasteiger partial charge >= 0.3 is 12.1 Å². The van der Waals surface area contributed by atoms with E-state index < -0.39 is 17.9 Å². The number of ether oxygens (including phenoxy) is 2. The molecule has 4 rings (SSSR count). The fourth-order valence-electron chi connectivity index (χ4n) is 4.25. The van der Waals surface area contributed by atoms with Crippen LogP contribution in [0.4, 0.5) is 20.7 Å². The zero-order valence-electron chi connectivity index (χ0n) is 19.0. The number of benzene rings is 1. The lowest BCUT2D eigenvalue weighted by Gasteiger charge is -2.34. The quantitative estimate of drug-likeness (QED) is 0.500. The standard InChI is InChI=1S/C23H25FN4O5S/c1-12-18-20(25-11-26-21(18)34-19(12)22(29)30)27-16-8-7-13(24)9-17(16)33-15-6-4-5-14(10-15)28(2)23(31)32-3/h7-9,11,14-15H,4-6,10H2,1-3H3,(H,29,30)(H,25,26,27). The molecule has 2 N–H and O–H groups in total. The third-order valence-electron chi connectivity index (χ3n) is 6.02. The number of carboxylic acids is 1. The van der Waals surface area contributed by atoms with Crippen molar-refractivity contribution in [1.29, 1.82) is 0 Å². The third-order valence-corrected chi connectivity index (χ3v) is 7.21. The Balaban J connectivity index is 1.60. The van der Waals surface area contributed by atoms with Gasteiger partial charge < -0.3 is 24.8 Å². The highest BCUT2D eigenvalue weighted by atomic mass is 32.1. The van der Waals surface area contributed by atoms with E-state index in [1.165, 1.54) is 25.6 Å². The van der Waals surface area contributed by atoms with Gasteiger partial charge in [0.15, 0.2) is 0 Å². The number of amides is 1. The Morgan fingerprint density at radius 1 is 1.29 bits per heavy atom. The van der Waals surface area contributed by atoms with Crippen molar-refractivity contribution in [3.05, 3.63) is 40.8 Å². The molecule has 1 amide bonds. The number of thiophene rings is 1. The Hall–Kier alpha value is -3.47. The molecule has 1 aromatic carbocycles. The number of aromatic carboxylic acids is 1. The molecule has 34 heavy (non-hydrogen) atoms. The second-order valence-electron chi connectivity index (χ2n) is 8.17. The van der Waals surface area contributed by atoms with E-state index in [0.717, 1.165) is 30.6 Å². The summed E-state index contributed by atoms with van der Waals surface area (Å²) in [7, 11) is 3.04. The summed E-state index contributed by atoms with van der Waals surface area (Å²) in [4.78, 5) is 34.3. The normalized spacial score (nSPS) is 17.9. The summed E-state index contributed by atoms with van der Waals surface area (Å²) < 4.78 is 25.2. The summed E-state index contributed by atoms with van der Waals surface area (Å²) in [6.07, 6.45) is 3.77. The molecule has 0 saturated heterocycles. The molecule has 0 aliphatic heterocycles. The number of carboxylic acid groups (broad SMARTS) is 1. The van der Waals surface area contributed by atoms with Crippen LogP contribution in [0.15, 0.2) is 24.5 Å². The average molecular weight is 489 g/mol. The minimum absolute atomic E-state index is 0.0412. The number of halogens is 1. The SMILES string of the molecule is COC(=O)N(C)C1CCCC(Oc2cc(F)ccc2Nc2ncnc3sc(C(=O)O)c(C)c23)C1. The van der Waals surface area contributed by atoms with Crippen molar-refractivity contribution in [2.75, 3.05) is 19.5 Å². The van der Waals surface area contributed by atoms with Gasteiger partial charge in [0.1, 0.15) is 39.5 Å². The molecular weight excluding hydrogens is 463 g/mol. The van der Waals surface area contributed by atoms with E-state index in [1.807, 2.05) is 0 Å². The summed E-state index contributed by atoms with van der Waals surface area (Å²) in [5.74, 6) is -0.757. The van der Waals surface area contributed by atoms with Gasteiger partial charge in [-0.1, -0.05) is 0 Å². The van der Waals surface area contributed by atoms with E-state index >= 15 is 0 Å². The Morgan fingerprint density at radius 2 is 2.09 bits per heavy atom. The molecule has 2 unspecified atom stereocenters. The van der Waals surface area contributed by atoms with Gasteiger partial charge in [-0.05, 0) is 43.9 Å². The van der Waals surface area contributed by atoms with Crippen molar-refractivity contribution in [2.24, 2.45) is 0 Å². The van der Waals surface area contributed by atoms with Crippen LogP contribution in [0, 0.1) is 12.7 Å². The topological polar surface area (TPSA) is 114 Å². The van der Waals surface area contributed by atoms with Gasteiger partial charge in [-0.15, -0.1) is 11.3 Å². The van der Waals surface area contributed by atoms with Crippen LogP contribution in [0.1, 0.15) is 40.9 Å². The summed E-state index contributed by atoms with van der Waals surface area (Å²) in [6, 6.07) is 4.13. The molecule has 1 aliphatic rings. The number of carbonyl (C=O) groups excluding carboxylic acids is 1. The van der Waals surface area contributed by atoms with Crippen molar-refractivity contribution in [2.45, 2.75) is 44.8 Å². The molecule has 11 heteroatoms. The Labute approximate surface area is 199 Å². The van der Waals surface area contributed by atoms with Gasteiger partial charge in [0.2, 0.25) is 0 Å². The first-order chi connectivity index (χ1) is 16.3. The molecule has 0 radical (unpaired) electrons. The van der Waals surface area contributed by atoms with Crippen LogP contribution >= 0.6 is 11.3 Å². The molecule has 0 spiro atoms. The lowest BCUT2D eigenvalue weighted by atomic mass is 9.92. The molecular formula is C23H25FN4O5S. The maximum atomic E-state index is 14.1. The number of methoxy groups -OCH3 is 1. The summed E-state index contributed by atoms with van der Waals surface area (Å²) in [5.41, 5.74) is 1.05. The number of nitrogens with one attached hydrogen (secondary N) is 1. The van der Waals surface area contributed by atoms with Crippen molar-refractivity contribution in [3.8, 4) is 5.75 Å². The van der Waals surface area contributed by atoms with Crippen molar-refractivity contribution < 1.29 is 28.6 Å². The minimum Gasteiger partial charge on any atom is -0.488 e. The van der Waals surface area contributed by atoms with E-state index in [9.17, 15) is 19.1 Å². The van der Waals surface area contributed by atoms with Crippen molar-refractivity contribution in [3.63, 3.8) is 0 Å². The maximum Gasteiger partial charge on any atom is 0.409 e. The first-order valence-electron chi connectivity index (χ1n) is 10.8. The number of aryl methyl sites for hydroxylation is 1. The number of nitrogens with zero attached hydrogens (tertiary/aromatic N) is 3. The third kappa shape index (κ3) is 4.74. The second-order valence-corrected chi connectivity index (χ2v) is 9.17. The molecule has 2 heterocycles. The van der Waals surface area contributed by atoms with Crippen molar-refractivity contribution >= 4 is 45.1 Å². The highest BCUT2D eigenvalue weighted by Gasteiger charge is 2.29. The molecule has 2 atom stereocenters. The van der Waals surface area contributed by atoms with Crippen LogP contribution in [0.2, 0.25) is 0 Å². The number of carbonyl (C=O) groups is 2. The van der Waals surface area contributed by atoms with E-state index in [2.05, 4.69) is 15.3 Å². The molecule has 2 aromatic heterocycles. The highest BCUT2D eigenvalue weighted by Crippen LogP contribution is 2.37. The van der Waals surface area contributed by atoms with Crippen LogP contribution in [0.25, 0.3) is 10.2 Å². The van der Waals surface area contributed by atoms with Crippen LogP contribution in [0.3, 0.4) is 0 Å². The molecule has 9 nitrogen and oxygen atoms in total. The fourth-order valence-corrected chi connectivity index (χ4v) is 5.23. The number of anilines is 2. The Morgan fingerprint density at radius 3 is 2.82 bits per heavy atom. The van der Waals surface area contributed by atoms with Gasteiger partial charge in [0.05, 0.1) is 18.2 Å². The summed E-state index contributed by atoms with van der Waals surface area (Å²) in [6.45, 7) is 1.71. The van der Waals surface area contributed by atoms with Gasteiger partial charge in [-0.2, -0.15) is 0 Å². The lowest BCUT2D eigenvalue weighted by molar-refractivity contribution is 0.0699. The van der Waals surface area contributed by atoms with Crippen molar-refractivity contribution in [1.82, 2.24) is 14.9 Å². The average Bonchev–Trinajstić information content (AvgIpc) is 3.17. The smallest absolute Gasteiger partial charge is 0.409 e. The van der Waals surface area contributed by atoms with Crippen LogP contribution in [0.5, 0.6) is 5.75 Å². The van der Waals surface area contributed by atoms with E-state index in [-0.39, 0.29) is 17.0 Å². The number of rotatable bonds is 6. The highest BCUT2D eigenvalue weighted by molar-refractivity contribution is 7.20. The van der Waals surface area contributed by atoms with E-state index in [0.29, 0.717) is 39.5 Å². The fraction of sp³-hybridized carbons (Fsp3) is 0.391. The van der Waals surface area contributed by atoms with Gasteiger partial charge in [0.25, 0.3) is 0 Å². The molecule has 1 saturated carbocycles. The molecule has 3 aromatic rings. The van der Waals surface area contributed by atoms with Crippen LogP contribution in [-0.4, -0.2) is 58.3 Å². The van der Waals surface area contributed by atoms with Gasteiger partial charge in [-0.3, -0.25) is 0 Å². The minimum atomic E-state index is -1.03. The zero-order chi connectivity index (χ0) is 24.4. The van der Waals surface area contributed by atoms with Gasteiger partial charge in [0, 0.05) is 25.6 Å². The molecule has 1 aliphatic carbocycles. The predicted octanol–water partition coefficient (Wildman–Crippen LogP) is 4.97. The van der Waals surface area contributed by atoms with Crippen LogP contribution in [-0.2, 0) is 4.74 Å².